The van der Waals surface area contributed by atoms with E-state index in [1.54, 1.807) is 18.2 Å². The van der Waals surface area contributed by atoms with E-state index in [9.17, 15) is 14.0 Å². The van der Waals surface area contributed by atoms with Crippen LogP contribution in [-0.4, -0.2) is 38.2 Å². The van der Waals surface area contributed by atoms with Crippen LogP contribution in [0.4, 0.5) is 4.39 Å². The first-order chi connectivity index (χ1) is 10.1. The topological polar surface area (TPSA) is 64.6 Å². The molecule has 21 heavy (non-hydrogen) atoms. The highest BCUT2D eigenvalue weighted by Crippen LogP contribution is 2.14. The van der Waals surface area contributed by atoms with Gasteiger partial charge in [-0.3, -0.25) is 4.79 Å². The van der Waals surface area contributed by atoms with Crippen LogP contribution in [-0.2, 0) is 25.5 Å². The van der Waals surface area contributed by atoms with Gasteiger partial charge in [-0.25, -0.2) is 9.18 Å². The van der Waals surface area contributed by atoms with Gasteiger partial charge in [-0.2, -0.15) is 0 Å². The minimum atomic E-state index is -0.903. The molecule has 6 heteroatoms. The molecule has 1 N–H and O–H groups in total. The van der Waals surface area contributed by atoms with Gasteiger partial charge >= 0.3 is 5.97 Å². The molecule has 0 aliphatic carbocycles. The minimum Gasteiger partial charge on any atom is -0.467 e. The lowest BCUT2D eigenvalue weighted by Gasteiger charge is -2.18. The van der Waals surface area contributed by atoms with Crippen molar-refractivity contribution in [1.29, 1.82) is 0 Å². The van der Waals surface area contributed by atoms with Crippen molar-refractivity contribution >= 4 is 11.9 Å². The van der Waals surface area contributed by atoms with Crippen molar-refractivity contribution < 1.29 is 23.5 Å². The standard InChI is InChI=1S/C15H18FNO4/c1-20-15(19)13(8-10-4-2-3-5-12(10)16)17-14(18)11-6-7-21-9-11/h2-5,11,13H,6-9H2,1H3,(H,17,18)/t11-,13+/m1/s1. The molecule has 2 rings (SSSR count). The molecule has 0 aromatic heterocycles. The Kier molecular flexibility index (Phi) is 5.27. The van der Waals surface area contributed by atoms with Crippen molar-refractivity contribution in [2.75, 3.05) is 20.3 Å². The molecule has 2 atom stereocenters. The SMILES string of the molecule is COC(=O)[C@H](Cc1ccccc1F)NC(=O)[C@@H]1CCOC1. The maximum atomic E-state index is 13.7. The van der Waals surface area contributed by atoms with Crippen LogP contribution in [0, 0.1) is 11.7 Å². The van der Waals surface area contributed by atoms with Gasteiger partial charge in [-0.1, -0.05) is 18.2 Å². The van der Waals surface area contributed by atoms with E-state index >= 15 is 0 Å². The number of benzene rings is 1. The molecule has 1 aromatic rings. The van der Waals surface area contributed by atoms with Gasteiger partial charge < -0.3 is 14.8 Å². The van der Waals surface area contributed by atoms with Crippen LogP contribution in [0.3, 0.4) is 0 Å². The zero-order chi connectivity index (χ0) is 15.2. The lowest BCUT2D eigenvalue weighted by atomic mass is 10.0. The van der Waals surface area contributed by atoms with E-state index in [2.05, 4.69) is 10.1 Å². The maximum absolute atomic E-state index is 13.7. The summed E-state index contributed by atoms with van der Waals surface area (Å²) in [7, 11) is 1.24. The highest BCUT2D eigenvalue weighted by atomic mass is 19.1. The zero-order valence-corrected chi connectivity index (χ0v) is 11.8. The monoisotopic (exact) mass is 295 g/mol. The lowest BCUT2D eigenvalue weighted by Crippen LogP contribution is -2.45. The zero-order valence-electron chi connectivity index (χ0n) is 11.8. The van der Waals surface area contributed by atoms with Crippen LogP contribution < -0.4 is 5.32 Å². The summed E-state index contributed by atoms with van der Waals surface area (Å²) in [5, 5.41) is 2.63. The molecule has 1 aromatic carbocycles. The second kappa shape index (κ2) is 7.17. The Morgan fingerprint density at radius 3 is 2.86 bits per heavy atom. The molecule has 0 spiro atoms. The largest absolute Gasteiger partial charge is 0.467 e. The van der Waals surface area contributed by atoms with Gasteiger partial charge in [-0.15, -0.1) is 0 Å². The molecule has 114 valence electrons. The first-order valence-electron chi connectivity index (χ1n) is 6.81. The number of carbonyl (C=O) groups is 2. The Hall–Kier alpha value is -1.95. The van der Waals surface area contributed by atoms with Crippen LogP contribution in [0.2, 0.25) is 0 Å². The average molecular weight is 295 g/mol. The highest BCUT2D eigenvalue weighted by molar-refractivity contribution is 5.86. The average Bonchev–Trinajstić information content (AvgIpc) is 3.02. The van der Waals surface area contributed by atoms with Gasteiger partial charge in [0.25, 0.3) is 0 Å². The Morgan fingerprint density at radius 1 is 1.48 bits per heavy atom. The normalized spacial score (nSPS) is 19.0. The summed E-state index contributed by atoms with van der Waals surface area (Å²) in [5.41, 5.74) is 0.357. The molecule has 5 nitrogen and oxygen atoms in total. The predicted molar refractivity (Wildman–Crippen MR) is 73.0 cm³/mol. The summed E-state index contributed by atoms with van der Waals surface area (Å²) in [6, 6.07) is 5.24. The van der Waals surface area contributed by atoms with Crippen molar-refractivity contribution in [1.82, 2.24) is 5.32 Å². The summed E-state index contributed by atoms with van der Waals surface area (Å²) in [4.78, 5) is 23.8. The van der Waals surface area contributed by atoms with Gasteiger partial charge in [0.05, 0.1) is 19.6 Å². The number of ether oxygens (including phenoxy) is 2. The third kappa shape index (κ3) is 4.01. The van der Waals surface area contributed by atoms with E-state index in [0.717, 1.165) is 0 Å². The Bertz CT molecular complexity index is 514. The quantitative estimate of drug-likeness (QED) is 0.825. The molecule has 1 aliphatic heterocycles. The number of hydrogen-bond donors (Lipinski definition) is 1. The molecular formula is C15H18FNO4. The van der Waals surface area contributed by atoms with E-state index in [0.29, 0.717) is 25.2 Å². The van der Waals surface area contributed by atoms with Crippen molar-refractivity contribution in [3.05, 3.63) is 35.6 Å². The van der Waals surface area contributed by atoms with Gasteiger partial charge in [0.2, 0.25) is 5.91 Å². The minimum absolute atomic E-state index is 0.0542. The van der Waals surface area contributed by atoms with Crippen molar-refractivity contribution in [2.45, 2.75) is 18.9 Å². The fraction of sp³-hybridized carbons (Fsp3) is 0.467. The van der Waals surface area contributed by atoms with Crippen molar-refractivity contribution in [3.63, 3.8) is 0 Å². The maximum Gasteiger partial charge on any atom is 0.328 e. The molecule has 0 radical (unpaired) electrons. The Labute approximate surface area is 122 Å². The second-order valence-corrected chi connectivity index (χ2v) is 4.94. The van der Waals surface area contributed by atoms with Crippen LogP contribution in [0.25, 0.3) is 0 Å². The molecule has 1 fully saturated rings. The molecule has 0 bridgehead atoms. The van der Waals surface area contributed by atoms with Crippen LogP contribution >= 0.6 is 0 Å². The van der Waals surface area contributed by atoms with E-state index in [4.69, 9.17) is 4.74 Å². The molecule has 1 saturated heterocycles. The third-order valence-corrected chi connectivity index (χ3v) is 3.48. The number of hydrogen-bond acceptors (Lipinski definition) is 4. The van der Waals surface area contributed by atoms with Crippen molar-refractivity contribution in [3.8, 4) is 0 Å². The first-order valence-corrected chi connectivity index (χ1v) is 6.81. The van der Waals surface area contributed by atoms with Gasteiger partial charge in [0.15, 0.2) is 0 Å². The summed E-state index contributed by atoms with van der Waals surface area (Å²) < 4.78 is 23.5. The summed E-state index contributed by atoms with van der Waals surface area (Å²) in [5.74, 6) is -1.53. The molecule has 0 saturated carbocycles. The van der Waals surface area contributed by atoms with Crippen molar-refractivity contribution in [2.24, 2.45) is 5.92 Å². The van der Waals surface area contributed by atoms with E-state index in [-0.39, 0.29) is 18.2 Å². The Morgan fingerprint density at radius 2 is 2.24 bits per heavy atom. The smallest absolute Gasteiger partial charge is 0.328 e. The van der Waals surface area contributed by atoms with Gasteiger partial charge in [0, 0.05) is 13.0 Å². The molecule has 1 aliphatic rings. The fourth-order valence-corrected chi connectivity index (χ4v) is 2.25. The number of methoxy groups -OCH3 is 1. The van der Waals surface area contributed by atoms with E-state index < -0.39 is 17.8 Å². The second-order valence-electron chi connectivity index (χ2n) is 4.94. The molecular weight excluding hydrogens is 277 g/mol. The van der Waals surface area contributed by atoms with E-state index in [1.807, 2.05) is 0 Å². The molecule has 1 heterocycles. The highest BCUT2D eigenvalue weighted by Gasteiger charge is 2.29. The summed E-state index contributed by atoms with van der Waals surface area (Å²) in [6.45, 7) is 0.883. The molecule has 0 unspecified atom stereocenters. The Balaban J connectivity index is 2.06. The third-order valence-electron chi connectivity index (χ3n) is 3.48. The molecule has 1 amide bonds. The van der Waals surface area contributed by atoms with Crippen LogP contribution in [0.5, 0.6) is 0 Å². The van der Waals surface area contributed by atoms with E-state index in [1.165, 1.54) is 13.2 Å². The number of esters is 1. The number of carbonyl (C=O) groups excluding carboxylic acids is 2. The van der Waals surface area contributed by atoms with Gasteiger partial charge in [0.1, 0.15) is 11.9 Å². The van der Waals surface area contributed by atoms with Gasteiger partial charge in [-0.05, 0) is 18.1 Å². The number of halogens is 1. The number of amides is 1. The fourth-order valence-electron chi connectivity index (χ4n) is 2.25. The number of nitrogens with one attached hydrogen (secondary N) is 1. The van der Waals surface area contributed by atoms with Crippen LogP contribution in [0.15, 0.2) is 24.3 Å². The summed E-state index contributed by atoms with van der Waals surface area (Å²) in [6.07, 6.45) is 0.679. The van der Waals surface area contributed by atoms with Crippen LogP contribution in [0.1, 0.15) is 12.0 Å². The number of rotatable bonds is 5. The first kappa shape index (κ1) is 15.4. The lowest BCUT2D eigenvalue weighted by molar-refractivity contribution is -0.145. The predicted octanol–water partition coefficient (Wildman–Crippen LogP) is 1.06. The summed E-state index contributed by atoms with van der Waals surface area (Å²) >= 11 is 0.